The number of rotatable bonds is 3. The van der Waals surface area contributed by atoms with Gasteiger partial charge in [-0.2, -0.15) is 0 Å². The lowest BCUT2D eigenvalue weighted by Gasteiger charge is -2.07. The summed E-state index contributed by atoms with van der Waals surface area (Å²) in [4.78, 5) is 4.65. The van der Waals surface area contributed by atoms with Crippen molar-refractivity contribution in [2.75, 3.05) is 0 Å². The van der Waals surface area contributed by atoms with Crippen LogP contribution in [-0.2, 0) is 9.84 Å². The van der Waals surface area contributed by atoms with E-state index in [0.29, 0.717) is 21.7 Å². The third kappa shape index (κ3) is 3.59. The summed E-state index contributed by atoms with van der Waals surface area (Å²) in [6.45, 7) is 1.91. The fourth-order valence-corrected chi connectivity index (χ4v) is 4.27. The lowest BCUT2D eigenvalue weighted by Crippen LogP contribution is -2.15. The molecule has 1 aromatic heterocycles. The number of nitrogens with zero attached hydrogens (tertiary/aromatic N) is 1. The molecule has 0 saturated carbocycles. The van der Waals surface area contributed by atoms with Gasteiger partial charge in [-0.3, -0.25) is 0 Å². The molecule has 140 valence electrons. The van der Waals surface area contributed by atoms with E-state index in [1.807, 2.05) is 19.1 Å². The monoisotopic (exact) mass is 409 g/mol. The Morgan fingerprint density at radius 3 is 2.29 bits per heavy atom. The van der Waals surface area contributed by atoms with E-state index in [0.717, 1.165) is 5.56 Å². The van der Waals surface area contributed by atoms with E-state index in [4.69, 9.17) is 16.0 Å². The minimum atomic E-state index is -3.82. The molecule has 0 aliphatic carbocycles. The molecular formula is C22H16ClNO3S. The molecule has 4 rings (SSSR count). The largest absolute Gasteiger partial charge is 0.437 e. The average molecular weight is 410 g/mol. The molecule has 3 aromatic carbocycles. The highest BCUT2D eigenvalue weighted by Crippen LogP contribution is 2.23. The minimum Gasteiger partial charge on any atom is -0.437 e. The van der Waals surface area contributed by atoms with Crippen molar-refractivity contribution in [2.24, 2.45) is 4.99 Å². The Morgan fingerprint density at radius 2 is 1.57 bits per heavy atom. The second-order valence-corrected chi connectivity index (χ2v) is 8.71. The van der Waals surface area contributed by atoms with Gasteiger partial charge >= 0.3 is 0 Å². The molecule has 0 unspecified atom stereocenters. The summed E-state index contributed by atoms with van der Waals surface area (Å²) in [6.07, 6.45) is 0. The first-order valence-electron chi connectivity index (χ1n) is 8.58. The Labute approximate surface area is 167 Å². The van der Waals surface area contributed by atoms with Crippen molar-refractivity contribution in [3.63, 3.8) is 0 Å². The summed E-state index contributed by atoms with van der Waals surface area (Å²) in [5, 5.41) is 1.25. The minimum absolute atomic E-state index is 0.0185. The second-order valence-electron chi connectivity index (χ2n) is 6.36. The molecule has 4 nitrogen and oxygen atoms in total. The summed E-state index contributed by atoms with van der Waals surface area (Å²) in [5.41, 5.74) is 2.11. The molecule has 1 heterocycles. The van der Waals surface area contributed by atoms with Gasteiger partial charge < -0.3 is 4.42 Å². The van der Waals surface area contributed by atoms with E-state index in [9.17, 15) is 8.42 Å². The molecule has 4 aromatic rings. The molecule has 28 heavy (non-hydrogen) atoms. The van der Waals surface area contributed by atoms with Crippen LogP contribution in [0.25, 0.3) is 11.0 Å². The molecule has 0 aliphatic rings. The maximum Gasteiger partial charge on any atom is 0.239 e. The normalized spacial score (nSPS) is 12.4. The molecule has 0 fully saturated rings. The lowest BCUT2D eigenvalue weighted by atomic mass is 10.2. The van der Waals surface area contributed by atoms with Gasteiger partial charge in [0.2, 0.25) is 15.4 Å². The molecule has 0 spiro atoms. The van der Waals surface area contributed by atoms with Crippen LogP contribution in [0.5, 0.6) is 0 Å². The van der Waals surface area contributed by atoms with E-state index in [-0.39, 0.29) is 15.3 Å². The highest BCUT2D eigenvalue weighted by molar-refractivity contribution is 7.91. The second kappa shape index (κ2) is 7.26. The maximum atomic E-state index is 13.3. The molecular weight excluding hydrogens is 394 g/mol. The smallest absolute Gasteiger partial charge is 0.239 e. The van der Waals surface area contributed by atoms with Gasteiger partial charge in [-0.15, -0.1) is 0 Å². The molecule has 0 atom stereocenters. The van der Waals surface area contributed by atoms with Crippen LogP contribution in [0, 0.1) is 6.92 Å². The standard InChI is InChI=1S/C22H16ClNO3S/c1-15-6-12-19(13-7-15)28(25,26)21-14-16-4-2-3-5-20(16)27-22(21)24-18-10-8-17(23)9-11-18/h2-14H,1H3. The van der Waals surface area contributed by atoms with Crippen LogP contribution in [0.1, 0.15) is 5.56 Å². The number of sulfone groups is 1. The Morgan fingerprint density at radius 1 is 0.893 bits per heavy atom. The Bertz CT molecular complexity index is 1320. The van der Waals surface area contributed by atoms with Gasteiger partial charge in [0.1, 0.15) is 10.5 Å². The van der Waals surface area contributed by atoms with Crippen molar-refractivity contribution in [3.05, 3.63) is 95.0 Å². The highest BCUT2D eigenvalue weighted by atomic mass is 35.5. The van der Waals surface area contributed by atoms with Gasteiger partial charge in [0.15, 0.2) is 0 Å². The van der Waals surface area contributed by atoms with Crippen molar-refractivity contribution in [1.82, 2.24) is 0 Å². The number of benzene rings is 3. The van der Waals surface area contributed by atoms with Gasteiger partial charge in [-0.05, 0) is 55.5 Å². The molecule has 0 N–H and O–H groups in total. The number of halogens is 1. The third-order valence-corrected chi connectivity index (χ3v) is 6.32. The van der Waals surface area contributed by atoms with Crippen molar-refractivity contribution in [3.8, 4) is 0 Å². The summed E-state index contributed by atoms with van der Waals surface area (Å²) in [7, 11) is -3.82. The predicted octanol–water partition coefficient (Wildman–Crippen LogP) is 5.46. The zero-order valence-corrected chi connectivity index (χ0v) is 16.5. The van der Waals surface area contributed by atoms with Crippen LogP contribution in [-0.4, -0.2) is 8.42 Å². The van der Waals surface area contributed by atoms with Crippen LogP contribution < -0.4 is 5.55 Å². The van der Waals surface area contributed by atoms with E-state index in [2.05, 4.69) is 4.99 Å². The van der Waals surface area contributed by atoms with Crippen LogP contribution in [0.2, 0.25) is 5.02 Å². The molecule has 0 radical (unpaired) electrons. The maximum absolute atomic E-state index is 13.3. The quantitative estimate of drug-likeness (QED) is 0.451. The van der Waals surface area contributed by atoms with Gasteiger partial charge in [0, 0.05) is 10.4 Å². The zero-order valence-electron chi connectivity index (χ0n) is 15.0. The number of para-hydroxylation sites is 1. The Kier molecular flexibility index (Phi) is 4.79. The first-order chi connectivity index (χ1) is 13.4. The SMILES string of the molecule is Cc1ccc(S(=O)(=O)c2cc3ccccc3oc2=Nc2ccc(Cl)cc2)cc1. The van der Waals surface area contributed by atoms with Crippen LogP contribution in [0.15, 0.2) is 98.1 Å². The number of hydrogen-bond donors (Lipinski definition) is 0. The van der Waals surface area contributed by atoms with Gasteiger partial charge in [0.25, 0.3) is 0 Å². The number of aryl methyl sites for hydroxylation is 1. The van der Waals surface area contributed by atoms with Gasteiger partial charge in [0.05, 0.1) is 10.6 Å². The van der Waals surface area contributed by atoms with E-state index < -0.39 is 9.84 Å². The van der Waals surface area contributed by atoms with Gasteiger partial charge in [-0.1, -0.05) is 47.5 Å². The highest BCUT2D eigenvalue weighted by Gasteiger charge is 2.22. The summed E-state index contributed by atoms with van der Waals surface area (Å²) in [6, 6.07) is 22.3. The fourth-order valence-electron chi connectivity index (χ4n) is 2.80. The number of hydrogen-bond acceptors (Lipinski definition) is 4. The van der Waals surface area contributed by atoms with E-state index in [1.165, 1.54) is 0 Å². The lowest BCUT2D eigenvalue weighted by molar-refractivity contribution is 0.517. The van der Waals surface area contributed by atoms with E-state index in [1.54, 1.807) is 66.7 Å². The molecule has 0 amide bonds. The predicted molar refractivity (Wildman–Crippen MR) is 110 cm³/mol. The number of fused-ring (bicyclic) bond motifs is 1. The first-order valence-corrected chi connectivity index (χ1v) is 10.4. The zero-order chi connectivity index (χ0) is 19.7. The van der Waals surface area contributed by atoms with Crippen molar-refractivity contribution >= 4 is 38.1 Å². The van der Waals surface area contributed by atoms with Gasteiger partial charge in [-0.25, -0.2) is 13.4 Å². The topological polar surface area (TPSA) is 59.6 Å². The molecule has 0 saturated heterocycles. The van der Waals surface area contributed by atoms with Crippen molar-refractivity contribution < 1.29 is 12.8 Å². The fraction of sp³-hybridized carbons (Fsp3) is 0.0455. The van der Waals surface area contributed by atoms with Crippen LogP contribution in [0.3, 0.4) is 0 Å². The van der Waals surface area contributed by atoms with E-state index >= 15 is 0 Å². The molecule has 0 aliphatic heterocycles. The summed E-state index contributed by atoms with van der Waals surface area (Å²) >= 11 is 5.93. The third-order valence-electron chi connectivity index (χ3n) is 4.30. The first kappa shape index (κ1) is 18.5. The summed E-state index contributed by atoms with van der Waals surface area (Å²) < 4.78 is 32.5. The molecule has 6 heteroatoms. The van der Waals surface area contributed by atoms with Crippen LogP contribution in [0.4, 0.5) is 5.69 Å². The Hall–Kier alpha value is -2.89. The average Bonchev–Trinajstić information content (AvgIpc) is 2.69. The Balaban J connectivity index is 2.00. The van der Waals surface area contributed by atoms with Crippen molar-refractivity contribution in [2.45, 2.75) is 16.7 Å². The van der Waals surface area contributed by atoms with Crippen LogP contribution >= 0.6 is 11.6 Å². The summed E-state index contributed by atoms with van der Waals surface area (Å²) in [5.74, 6) is 0. The molecule has 0 bridgehead atoms. The van der Waals surface area contributed by atoms with Crippen molar-refractivity contribution in [1.29, 1.82) is 0 Å².